The Hall–Kier alpha value is -1.83. The second-order valence-electron chi connectivity index (χ2n) is 5.81. The molecule has 1 saturated heterocycles. The van der Waals surface area contributed by atoms with E-state index in [1.54, 1.807) is 16.9 Å². The molecule has 0 amide bonds. The topological polar surface area (TPSA) is 45.5 Å². The zero-order chi connectivity index (χ0) is 15.9. The van der Waals surface area contributed by atoms with Gasteiger partial charge in [0.1, 0.15) is 11.6 Å². The lowest BCUT2D eigenvalue weighted by Crippen LogP contribution is -2.52. The molecule has 1 N–H and O–H groups in total. The molecule has 5 nitrogen and oxygen atoms in total. The van der Waals surface area contributed by atoms with Gasteiger partial charge in [0.2, 0.25) is 0 Å². The zero-order valence-electron chi connectivity index (χ0n) is 12.4. The normalized spacial score (nSPS) is 23.9. The maximum absolute atomic E-state index is 12.9. The van der Waals surface area contributed by atoms with Crippen LogP contribution in [0.4, 0.5) is 19.0 Å². The van der Waals surface area contributed by atoms with Crippen molar-refractivity contribution in [3.05, 3.63) is 24.2 Å². The molecule has 0 unspecified atom stereocenters. The molecular formula is C14H18F3N5. The quantitative estimate of drug-likeness (QED) is 0.925. The van der Waals surface area contributed by atoms with Crippen LogP contribution in [0.5, 0.6) is 0 Å². The van der Waals surface area contributed by atoms with Crippen LogP contribution in [0.3, 0.4) is 0 Å². The fourth-order valence-corrected chi connectivity index (χ4v) is 3.03. The first-order valence-electron chi connectivity index (χ1n) is 7.19. The summed E-state index contributed by atoms with van der Waals surface area (Å²) >= 11 is 0. The fraction of sp³-hybridized carbons (Fsp3) is 0.571. The van der Waals surface area contributed by atoms with Crippen molar-refractivity contribution in [3.63, 3.8) is 0 Å². The van der Waals surface area contributed by atoms with Crippen LogP contribution in [0.2, 0.25) is 0 Å². The highest BCUT2D eigenvalue weighted by molar-refractivity contribution is 5.68. The first kappa shape index (κ1) is 15.1. The highest BCUT2D eigenvalue weighted by Crippen LogP contribution is 2.31. The Kier molecular flexibility index (Phi) is 3.72. The van der Waals surface area contributed by atoms with E-state index in [0.29, 0.717) is 18.8 Å². The molecule has 2 aromatic heterocycles. The number of piperidine rings is 1. The van der Waals surface area contributed by atoms with E-state index in [2.05, 4.69) is 15.4 Å². The first-order chi connectivity index (χ1) is 10.3. The number of fused-ring (bicyclic) bond motifs is 1. The average molecular weight is 313 g/mol. The molecule has 120 valence electrons. The third-order valence-corrected chi connectivity index (χ3v) is 4.06. The summed E-state index contributed by atoms with van der Waals surface area (Å²) in [6, 6.07) is 0.490. The minimum atomic E-state index is -4.17. The number of alkyl halides is 3. The first-order valence-corrected chi connectivity index (χ1v) is 7.19. The van der Waals surface area contributed by atoms with Gasteiger partial charge in [-0.05, 0) is 32.9 Å². The fourth-order valence-electron chi connectivity index (χ4n) is 3.03. The highest BCUT2D eigenvalue weighted by atomic mass is 19.4. The predicted octanol–water partition coefficient (Wildman–Crippen LogP) is 2.47. The minimum Gasteiger partial charge on any atom is -0.364 e. The highest BCUT2D eigenvalue weighted by Gasteiger charge is 2.44. The number of aryl methyl sites for hydroxylation is 1. The molecule has 1 aliphatic rings. The number of nitrogens with zero attached hydrogens (tertiary/aromatic N) is 4. The Morgan fingerprint density at radius 2 is 2.09 bits per heavy atom. The van der Waals surface area contributed by atoms with Crippen molar-refractivity contribution in [3.8, 4) is 0 Å². The predicted molar refractivity (Wildman–Crippen MR) is 76.8 cm³/mol. The Balaban J connectivity index is 1.74. The average Bonchev–Trinajstić information content (AvgIpc) is 2.79. The van der Waals surface area contributed by atoms with E-state index in [1.165, 1.54) is 11.9 Å². The van der Waals surface area contributed by atoms with Crippen LogP contribution in [0.25, 0.3) is 5.52 Å². The van der Waals surface area contributed by atoms with Gasteiger partial charge in [-0.1, -0.05) is 0 Å². The number of hydrogen-bond donors (Lipinski definition) is 1. The maximum atomic E-state index is 12.9. The van der Waals surface area contributed by atoms with Gasteiger partial charge in [0.05, 0.1) is 5.69 Å². The molecule has 1 aliphatic heterocycles. The zero-order valence-corrected chi connectivity index (χ0v) is 12.4. The third-order valence-electron chi connectivity index (χ3n) is 4.06. The molecule has 0 aromatic carbocycles. The van der Waals surface area contributed by atoms with Crippen LogP contribution in [-0.4, -0.2) is 51.4 Å². The summed E-state index contributed by atoms with van der Waals surface area (Å²) in [5, 5.41) is 7.56. The number of likely N-dealkylation sites (tertiary alicyclic amines) is 1. The Bertz CT molecular complexity index is 666. The van der Waals surface area contributed by atoms with Crippen LogP contribution in [0.15, 0.2) is 18.5 Å². The van der Waals surface area contributed by atoms with E-state index in [4.69, 9.17) is 0 Å². The summed E-state index contributed by atoms with van der Waals surface area (Å²) in [7, 11) is 1.52. The second kappa shape index (κ2) is 5.42. The van der Waals surface area contributed by atoms with Crippen molar-refractivity contribution in [1.82, 2.24) is 19.5 Å². The molecule has 0 saturated carbocycles. The molecule has 8 heteroatoms. The number of likely N-dealkylation sites (N-methyl/N-ethyl adjacent to an activating group) is 1. The van der Waals surface area contributed by atoms with Gasteiger partial charge < -0.3 is 5.32 Å². The van der Waals surface area contributed by atoms with E-state index in [9.17, 15) is 13.2 Å². The van der Waals surface area contributed by atoms with Crippen LogP contribution >= 0.6 is 0 Å². The van der Waals surface area contributed by atoms with Crippen molar-refractivity contribution < 1.29 is 13.2 Å². The van der Waals surface area contributed by atoms with Gasteiger partial charge >= 0.3 is 6.18 Å². The van der Waals surface area contributed by atoms with Gasteiger partial charge in [0.25, 0.3) is 0 Å². The SMILES string of the molecule is Cc1cc2c(N[C@H]3CC[C@@H](C(F)(F)F)N(C)C3)nccn2n1. The Morgan fingerprint density at radius 3 is 2.77 bits per heavy atom. The lowest BCUT2D eigenvalue weighted by molar-refractivity contribution is -0.187. The van der Waals surface area contributed by atoms with Crippen LogP contribution in [-0.2, 0) is 0 Å². The van der Waals surface area contributed by atoms with Gasteiger partial charge in [-0.15, -0.1) is 0 Å². The van der Waals surface area contributed by atoms with Gasteiger partial charge in [0.15, 0.2) is 5.82 Å². The number of aromatic nitrogens is 3. The molecular weight excluding hydrogens is 295 g/mol. The van der Waals surface area contributed by atoms with Crippen molar-refractivity contribution in [1.29, 1.82) is 0 Å². The van der Waals surface area contributed by atoms with Crippen molar-refractivity contribution in [2.75, 3.05) is 18.9 Å². The number of anilines is 1. The smallest absolute Gasteiger partial charge is 0.364 e. The minimum absolute atomic E-state index is 0.0579. The van der Waals surface area contributed by atoms with Gasteiger partial charge in [-0.3, -0.25) is 4.90 Å². The van der Waals surface area contributed by atoms with Crippen LogP contribution < -0.4 is 5.32 Å². The number of nitrogens with one attached hydrogen (secondary N) is 1. The van der Waals surface area contributed by atoms with E-state index in [1.807, 2.05) is 13.0 Å². The van der Waals surface area contributed by atoms with Crippen molar-refractivity contribution >= 4 is 11.3 Å². The number of rotatable bonds is 2. The summed E-state index contributed by atoms with van der Waals surface area (Å²) in [5.41, 5.74) is 1.70. The van der Waals surface area contributed by atoms with Crippen molar-refractivity contribution in [2.24, 2.45) is 0 Å². The molecule has 2 aromatic rings. The molecule has 2 atom stereocenters. The molecule has 1 fully saturated rings. The lowest BCUT2D eigenvalue weighted by Gasteiger charge is -2.38. The Labute approximate surface area is 126 Å². The van der Waals surface area contributed by atoms with E-state index >= 15 is 0 Å². The third kappa shape index (κ3) is 2.87. The molecule has 0 radical (unpaired) electrons. The Morgan fingerprint density at radius 1 is 1.32 bits per heavy atom. The van der Waals surface area contributed by atoms with E-state index in [0.717, 1.165) is 11.2 Å². The van der Waals surface area contributed by atoms with E-state index < -0.39 is 12.2 Å². The summed E-state index contributed by atoms with van der Waals surface area (Å²) in [5.74, 6) is 0.659. The lowest BCUT2D eigenvalue weighted by atomic mass is 9.98. The van der Waals surface area contributed by atoms with E-state index in [-0.39, 0.29) is 12.5 Å². The van der Waals surface area contributed by atoms with Gasteiger partial charge in [0, 0.05) is 25.0 Å². The monoisotopic (exact) mass is 313 g/mol. The van der Waals surface area contributed by atoms with Gasteiger partial charge in [-0.25, -0.2) is 9.50 Å². The molecule has 3 heterocycles. The van der Waals surface area contributed by atoms with Crippen molar-refractivity contribution in [2.45, 2.75) is 38.0 Å². The maximum Gasteiger partial charge on any atom is 0.404 e. The summed E-state index contributed by atoms with van der Waals surface area (Å²) < 4.78 is 40.3. The molecule has 3 rings (SSSR count). The molecule has 22 heavy (non-hydrogen) atoms. The summed E-state index contributed by atoms with van der Waals surface area (Å²) in [6.45, 7) is 2.22. The largest absolute Gasteiger partial charge is 0.404 e. The molecule has 0 aliphatic carbocycles. The number of halogens is 3. The summed E-state index contributed by atoms with van der Waals surface area (Å²) in [6.07, 6.45) is -0.225. The van der Waals surface area contributed by atoms with Crippen LogP contribution in [0, 0.1) is 6.92 Å². The van der Waals surface area contributed by atoms with Crippen LogP contribution in [0.1, 0.15) is 18.5 Å². The number of hydrogen-bond acceptors (Lipinski definition) is 4. The molecule has 0 spiro atoms. The molecule has 0 bridgehead atoms. The van der Waals surface area contributed by atoms with Gasteiger partial charge in [-0.2, -0.15) is 18.3 Å². The standard InChI is InChI=1S/C14H18F3N5/c1-9-7-11-13(18-5-6-22(11)20-9)19-10-3-4-12(14(15,16)17)21(2)8-10/h5-7,10,12H,3-4,8H2,1-2H3,(H,18,19)/t10-,12-/m0/s1. The summed E-state index contributed by atoms with van der Waals surface area (Å²) in [4.78, 5) is 5.66. The second-order valence-corrected chi connectivity index (χ2v) is 5.81.